The molecule has 4 rings (SSSR count). The lowest BCUT2D eigenvalue weighted by Crippen LogP contribution is -2.13. The number of aromatic amines is 1. The molecule has 0 saturated heterocycles. The molecular weight excluding hydrogens is 402 g/mol. The van der Waals surface area contributed by atoms with Gasteiger partial charge in [-0.1, -0.05) is 12.1 Å². The van der Waals surface area contributed by atoms with Gasteiger partial charge in [0, 0.05) is 24.0 Å². The highest BCUT2D eigenvalue weighted by Gasteiger charge is 2.14. The lowest BCUT2D eigenvalue weighted by molar-refractivity contribution is 0.599. The van der Waals surface area contributed by atoms with E-state index in [2.05, 4.69) is 47.1 Å². The normalized spacial score (nSPS) is 11.3. The standard InChI is InChI=1S/C20H21N7O2S/c1-13-6-7-14(4-2-9-26-30(28)29)10-16(13)27-19-15(5-3-8-21-19)17-18-20(24-11-22-17)25-12-23-18/h3,5-8,10-12,30H,2,4,9H2,1H3,(H,21,27)(H,26,28,29)(H,22,23,24,25). The Bertz CT molecular complexity index is 1240. The van der Waals surface area contributed by atoms with Gasteiger partial charge in [-0.25, -0.2) is 33.1 Å². The Hall–Kier alpha value is -3.37. The van der Waals surface area contributed by atoms with E-state index in [9.17, 15) is 8.42 Å². The monoisotopic (exact) mass is 423 g/mol. The highest BCUT2D eigenvalue weighted by molar-refractivity contribution is 7.70. The van der Waals surface area contributed by atoms with E-state index in [1.165, 1.54) is 6.33 Å². The van der Waals surface area contributed by atoms with Crippen molar-refractivity contribution in [2.75, 3.05) is 11.9 Å². The molecule has 9 nitrogen and oxygen atoms in total. The van der Waals surface area contributed by atoms with Crippen molar-refractivity contribution in [3.8, 4) is 11.3 Å². The van der Waals surface area contributed by atoms with E-state index in [1.807, 2.05) is 25.1 Å². The molecule has 30 heavy (non-hydrogen) atoms. The Morgan fingerprint density at radius 2 is 2.00 bits per heavy atom. The molecule has 3 heterocycles. The third-order valence-electron chi connectivity index (χ3n) is 4.72. The quantitative estimate of drug-likeness (QED) is 0.253. The Balaban J connectivity index is 1.61. The lowest BCUT2D eigenvalue weighted by atomic mass is 10.1. The summed E-state index contributed by atoms with van der Waals surface area (Å²) in [6, 6.07) is 9.96. The molecule has 0 aliphatic rings. The number of hydrogen-bond donors (Lipinski definition) is 4. The predicted octanol–water partition coefficient (Wildman–Crippen LogP) is 2.52. The van der Waals surface area contributed by atoms with Gasteiger partial charge in [0.2, 0.25) is 10.9 Å². The molecule has 0 unspecified atom stereocenters. The molecule has 4 aromatic rings. The maximum absolute atomic E-state index is 10.6. The summed E-state index contributed by atoms with van der Waals surface area (Å²) in [7, 11) is -2.55. The van der Waals surface area contributed by atoms with Gasteiger partial charge in [0.1, 0.15) is 23.4 Å². The summed E-state index contributed by atoms with van der Waals surface area (Å²) in [5.74, 6) is 0.672. The topological polar surface area (TPSA) is 126 Å². The molecule has 0 fully saturated rings. The van der Waals surface area contributed by atoms with Crippen LogP contribution in [0.2, 0.25) is 0 Å². The van der Waals surface area contributed by atoms with E-state index >= 15 is 0 Å². The van der Waals surface area contributed by atoms with Crippen LogP contribution >= 0.6 is 0 Å². The Labute approximate surface area is 175 Å². The zero-order chi connectivity index (χ0) is 20.9. The highest BCUT2D eigenvalue weighted by Crippen LogP contribution is 2.31. The van der Waals surface area contributed by atoms with Gasteiger partial charge in [0.15, 0.2) is 5.65 Å². The number of aromatic nitrogens is 5. The van der Waals surface area contributed by atoms with Crippen LogP contribution in [0.3, 0.4) is 0 Å². The minimum absolute atomic E-state index is 0.424. The summed E-state index contributed by atoms with van der Waals surface area (Å²) in [5, 5.41) is 3.42. The van der Waals surface area contributed by atoms with Crippen LogP contribution in [0.25, 0.3) is 22.4 Å². The number of imidazole rings is 1. The maximum Gasteiger partial charge on any atom is 0.201 e. The molecule has 0 amide bonds. The van der Waals surface area contributed by atoms with Crippen LogP contribution in [0.15, 0.2) is 49.2 Å². The molecule has 0 saturated carbocycles. The molecule has 0 bridgehead atoms. The number of nitrogens with one attached hydrogen (secondary N) is 3. The summed E-state index contributed by atoms with van der Waals surface area (Å²) >= 11 is 0. The van der Waals surface area contributed by atoms with Gasteiger partial charge in [-0.3, -0.25) is 0 Å². The molecule has 3 aromatic heterocycles. The van der Waals surface area contributed by atoms with E-state index in [-0.39, 0.29) is 0 Å². The van der Waals surface area contributed by atoms with Crippen molar-refractivity contribution in [3.05, 3.63) is 60.3 Å². The largest absolute Gasteiger partial charge is 0.339 e. The van der Waals surface area contributed by atoms with Crippen molar-refractivity contribution >= 4 is 33.6 Å². The maximum atomic E-state index is 10.6. The SMILES string of the molecule is Cc1ccc(CCCN[SH](=O)=O)cc1Nc1ncccc1-c1ncnc2[nH]cnc12. The number of rotatable bonds is 8. The summed E-state index contributed by atoms with van der Waals surface area (Å²) in [4.78, 5) is 20.5. The van der Waals surface area contributed by atoms with E-state index in [1.54, 1.807) is 12.5 Å². The third-order valence-corrected chi connectivity index (χ3v) is 5.20. The van der Waals surface area contributed by atoms with Crippen LogP contribution < -0.4 is 10.0 Å². The minimum Gasteiger partial charge on any atom is -0.339 e. The van der Waals surface area contributed by atoms with Crippen LogP contribution in [-0.4, -0.2) is 39.9 Å². The molecule has 154 valence electrons. The predicted molar refractivity (Wildman–Crippen MR) is 116 cm³/mol. The van der Waals surface area contributed by atoms with Crippen molar-refractivity contribution in [1.82, 2.24) is 29.6 Å². The second-order valence-corrected chi connectivity index (χ2v) is 7.60. The number of benzene rings is 1. The third kappa shape index (κ3) is 4.44. The number of thiol groups is 1. The van der Waals surface area contributed by atoms with Crippen molar-refractivity contribution in [2.24, 2.45) is 0 Å². The average molecular weight is 424 g/mol. The summed E-state index contributed by atoms with van der Waals surface area (Å²) in [6.07, 6.45) is 6.31. The Morgan fingerprint density at radius 1 is 1.10 bits per heavy atom. The van der Waals surface area contributed by atoms with Crippen LogP contribution in [0.4, 0.5) is 11.5 Å². The zero-order valence-corrected chi connectivity index (χ0v) is 17.2. The summed E-state index contributed by atoms with van der Waals surface area (Å²) < 4.78 is 23.7. The van der Waals surface area contributed by atoms with Gasteiger partial charge in [0.25, 0.3) is 0 Å². The molecule has 0 spiro atoms. The molecule has 0 atom stereocenters. The smallest absolute Gasteiger partial charge is 0.201 e. The molecule has 1 aromatic carbocycles. The van der Waals surface area contributed by atoms with Gasteiger partial charge >= 0.3 is 0 Å². The first-order valence-corrected chi connectivity index (χ1v) is 10.6. The van der Waals surface area contributed by atoms with Gasteiger partial charge in [0.05, 0.1) is 6.33 Å². The van der Waals surface area contributed by atoms with Crippen LogP contribution in [-0.2, 0) is 17.3 Å². The first kappa shape index (κ1) is 19.9. The van der Waals surface area contributed by atoms with E-state index < -0.39 is 10.9 Å². The van der Waals surface area contributed by atoms with Gasteiger partial charge in [-0.05, 0) is 49.1 Å². The van der Waals surface area contributed by atoms with Gasteiger partial charge in [-0.15, -0.1) is 0 Å². The first-order chi connectivity index (χ1) is 14.6. The molecule has 3 N–H and O–H groups in total. The number of fused-ring (bicyclic) bond motifs is 1. The van der Waals surface area contributed by atoms with Crippen molar-refractivity contribution in [3.63, 3.8) is 0 Å². The number of H-pyrrole nitrogens is 1. The Kier molecular flexibility index (Phi) is 5.96. The zero-order valence-electron chi connectivity index (χ0n) is 16.3. The fourth-order valence-corrected chi connectivity index (χ4v) is 3.55. The number of nitrogens with zero attached hydrogens (tertiary/aromatic N) is 4. The number of anilines is 2. The highest BCUT2D eigenvalue weighted by atomic mass is 32.2. The Morgan fingerprint density at radius 3 is 2.87 bits per heavy atom. The van der Waals surface area contributed by atoms with Crippen LogP contribution in [0.5, 0.6) is 0 Å². The molecule has 0 radical (unpaired) electrons. The van der Waals surface area contributed by atoms with Gasteiger partial charge in [-0.2, -0.15) is 0 Å². The van der Waals surface area contributed by atoms with Gasteiger partial charge < -0.3 is 10.3 Å². The molecule has 10 heteroatoms. The molecule has 0 aliphatic heterocycles. The van der Waals surface area contributed by atoms with E-state index in [0.717, 1.165) is 35.2 Å². The second kappa shape index (κ2) is 8.97. The second-order valence-electron chi connectivity index (χ2n) is 6.76. The fourth-order valence-electron chi connectivity index (χ4n) is 3.21. The van der Waals surface area contributed by atoms with Crippen LogP contribution in [0, 0.1) is 6.92 Å². The lowest BCUT2D eigenvalue weighted by Gasteiger charge is -2.14. The molecular formula is C20H21N7O2S. The van der Waals surface area contributed by atoms with Crippen molar-refractivity contribution < 1.29 is 8.42 Å². The van der Waals surface area contributed by atoms with E-state index in [4.69, 9.17) is 0 Å². The average Bonchev–Trinajstić information content (AvgIpc) is 3.23. The van der Waals surface area contributed by atoms with Crippen LogP contribution in [0.1, 0.15) is 17.5 Å². The number of pyridine rings is 1. The van der Waals surface area contributed by atoms with E-state index in [0.29, 0.717) is 29.2 Å². The molecule has 0 aliphatic carbocycles. The number of hydrogen-bond acceptors (Lipinski definition) is 7. The fraction of sp³-hybridized carbons (Fsp3) is 0.200. The van der Waals surface area contributed by atoms with Crippen molar-refractivity contribution in [1.29, 1.82) is 0 Å². The first-order valence-electron chi connectivity index (χ1n) is 9.46. The minimum atomic E-state index is -2.55. The summed E-state index contributed by atoms with van der Waals surface area (Å²) in [5.41, 5.74) is 5.99. The number of aryl methyl sites for hydroxylation is 2. The summed E-state index contributed by atoms with van der Waals surface area (Å²) in [6.45, 7) is 2.45. The van der Waals surface area contributed by atoms with Crippen molar-refractivity contribution in [2.45, 2.75) is 19.8 Å².